The highest BCUT2D eigenvalue weighted by Crippen LogP contribution is 2.31. The van der Waals surface area contributed by atoms with E-state index in [-0.39, 0.29) is 5.54 Å². The predicted molar refractivity (Wildman–Crippen MR) is 76.4 cm³/mol. The molecule has 0 spiro atoms. The molecule has 0 aromatic carbocycles. The van der Waals surface area contributed by atoms with Gasteiger partial charge in [-0.25, -0.2) is 4.68 Å². The van der Waals surface area contributed by atoms with Gasteiger partial charge in [0.1, 0.15) is 0 Å². The van der Waals surface area contributed by atoms with Crippen LogP contribution in [0.4, 0.5) is 5.95 Å². The van der Waals surface area contributed by atoms with Crippen LogP contribution in [-0.4, -0.2) is 37.3 Å². The van der Waals surface area contributed by atoms with Gasteiger partial charge in [-0.05, 0) is 49.2 Å². The molecular formula is C14H20N6. The summed E-state index contributed by atoms with van der Waals surface area (Å²) in [5.41, 5.74) is 1.20. The van der Waals surface area contributed by atoms with Gasteiger partial charge in [-0.2, -0.15) is 0 Å². The highest BCUT2D eigenvalue weighted by molar-refractivity contribution is 5.35. The number of pyridine rings is 1. The third kappa shape index (κ3) is 2.50. The van der Waals surface area contributed by atoms with Crippen molar-refractivity contribution in [1.82, 2.24) is 25.2 Å². The Balaban J connectivity index is 1.74. The maximum absolute atomic E-state index is 4.34. The second kappa shape index (κ2) is 5.19. The number of hydrogen-bond donors (Lipinski definition) is 0. The van der Waals surface area contributed by atoms with Gasteiger partial charge in [0.25, 0.3) is 0 Å². The minimum atomic E-state index is 0.136. The minimum Gasteiger partial charge on any atom is -0.335 e. The quantitative estimate of drug-likeness (QED) is 0.847. The van der Waals surface area contributed by atoms with E-state index in [0.717, 1.165) is 31.2 Å². The van der Waals surface area contributed by atoms with Gasteiger partial charge in [0.2, 0.25) is 5.95 Å². The van der Waals surface area contributed by atoms with Crippen LogP contribution in [0.25, 0.3) is 0 Å². The zero-order valence-electron chi connectivity index (χ0n) is 12.0. The molecule has 3 rings (SSSR count). The van der Waals surface area contributed by atoms with Gasteiger partial charge in [-0.3, -0.25) is 4.98 Å². The van der Waals surface area contributed by atoms with E-state index < -0.39 is 0 Å². The Morgan fingerprint density at radius 1 is 1.30 bits per heavy atom. The lowest BCUT2D eigenvalue weighted by atomic mass is 10.0. The molecule has 0 amide bonds. The number of rotatable bonds is 4. The molecule has 20 heavy (non-hydrogen) atoms. The van der Waals surface area contributed by atoms with Crippen LogP contribution in [0, 0.1) is 0 Å². The van der Waals surface area contributed by atoms with E-state index in [1.54, 1.807) is 0 Å². The highest BCUT2D eigenvalue weighted by Gasteiger charge is 2.35. The van der Waals surface area contributed by atoms with Crippen molar-refractivity contribution < 1.29 is 0 Å². The van der Waals surface area contributed by atoms with Crippen LogP contribution >= 0.6 is 0 Å². The van der Waals surface area contributed by atoms with E-state index in [4.69, 9.17) is 0 Å². The van der Waals surface area contributed by atoms with Gasteiger partial charge in [0, 0.05) is 30.4 Å². The second-order valence-corrected chi connectivity index (χ2v) is 5.84. The van der Waals surface area contributed by atoms with Crippen molar-refractivity contribution in [2.75, 3.05) is 11.4 Å². The van der Waals surface area contributed by atoms with Crippen LogP contribution in [0.1, 0.15) is 32.4 Å². The Hall–Kier alpha value is -1.98. The van der Waals surface area contributed by atoms with E-state index >= 15 is 0 Å². The summed E-state index contributed by atoms with van der Waals surface area (Å²) in [7, 11) is 0. The second-order valence-electron chi connectivity index (χ2n) is 5.84. The minimum absolute atomic E-state index is 0.136. The lowest BCUT2D eigenvalue weighted by Crippen LogP contribution is -2.40. The lowest BCUT2D eigenvalue weighted by Gasteiger charge is -2.31. The van der Waals surface area contributed by atoms with E-state index in [9.17, 15) is 0 Å². The van der Waals surface area contributed by atoms with E-state index in [1.807, 2.05) is 29.1 Å². The molecule has 1 aliphatic heterocycles. The molecule has 0 unspecified atom stereocenters. The number of aryl methyl sites for hydroxylation is 2. The Morgan fingerprint density at radius 3 is 2.90 bits per heavy atom. The van der Waals surface area contributed by atoms with Crippen LogP contribution in [0.5, 0.6) is 0 Å². The Morgan fingerprint density at radius 2 is 2.20 bits per heavy atom. The molecule has 2 aromatic rings. The molecule has 0 N–H and O–H groups in total. The maximum Gasteiger partial charge on any atom is 0.245 e. The standard InChI is InChI=1S/C14H20N6/c1-14(2)8-5-10-19(14)13-16-17-18-20(13)11-7-12-6-3-4-9-15-12/h3-4,6,9H,5,7-8,10-11H2,1-2H3. The number of aromatic nitrogens is 5. The molecule has 0 atom stereocenters. The van der Waals surface area contributed by atoms with E-state index in [2.05, 4.69) is 39.3 Å². The highest BCUT2D eigenvalue weighted by atomic mass is 15.6. The van der Waals surface area contributed by atoms with Crippen molar-refractivity contribution in [3.8, 4) is 0 Å². The monoisotopic (exact) mass is 272 g/mol. The summed E-state index contributed by atoms with van der Waals surface area (Å²) in [6, 6.07) is 5.97. The fourth-order valence-electron chi connectivity index (χ4n) is 2.78. The van der Waals surface area contributed by atoms with Crippen molar-refractivity contribution in [3.63, 3.8) is 0 Å². The summed E-state index contributed by atoms with van der Waals surface area (Å²) < 4.78 is 1.89. The van der Waals surface area contributed by atoms with Crippen LogP contribution in [-0.2, 0) is 13.0 Å². The smallest absolute Gasteiger partial charge is 0.245 e. The molecule has 6 nitrogen and oxygen atoms in total. The molecule has 6 heteroatoms. The average Bonchev–Trinajstić information content (AvgIpc) is 3.03. The van der Waals surface area contributed by atoms with Crippen molar-refractivity contribution in [3.05, 3.63) is 30.1 Å². The molecule has 3 heterocycles. The van der Waals surface area contributed by atoms with Crippen molar-refractivity contribution in [1.29, 1.82) is 0 Å². The maximum atomic E-state index is 4.34. The molecular weight excluding hydrogens is 252 g/mol. The first-order chi connectivity index (χ1) is 9.67. The fraction of sp³-hybridized carbons (Fsp3) is 0.571. The number of hydrogen-bond acceptors (Lipinski definition) is 5. The van der Waals surface area contributed by atoms with Crippen LogP contribution in [0.15, 0.2) is 24.4 Å². The van der Waals surface area contributed by atoms with Gasteiger partial charge < -0.3 is 4.90 Å². The molecule has 1 fully saturated rings. The van der Waals surface area contributed by atoms with Crippen molar-refractivity contribution >= 4 is 5.95 Å². The average molecular weight is 272 g/mol. The Labute approximate surface area is 118 Å². The van der Waals surface area contributed by atoms with Gasteiger partial charge in [-0.1, -0.05) is 11.2 Å². The summed E-state index contributed by atoms with van der Waals surface area (Å²) in [6.45, 7) is 6.28. The molecule has 1 saturated heterocycles. The van der Waals surface area contributed by atoms with E-state index in [0.29, 0.717) is 0 Å². The first kappa shape index (κ1) is 13.0. The zero-order chi connectivity index (χ0) is 14.0. The largest absolute Gasteiger partial charge is 0.335 e. The first-order valence-electron chi connectivity index (χ1n) is 7.10. The fourth-order valence-corrected chi connectivity index (χ4v) is 2.78. The van der Waals surface area contributed by atoms with Gasteiger partial charge >= 0.3 is 0 Å². The summed E-state index contributed by atoms with van der Waals surface area (Å²) in [6.07, 6.45) is 5.03. The molecule has 0 aliphatic carbocycles. The topological polar surface area (TPSA) is 59.7 Å². The van der Waals surface area contributed by atoms with E-state index in [1.165, 1.54) is 12.8 Å². The molecule has 0 bridgehead atoms. The summed E-state index contributed by atoms with van der Waals surface area (Å²) >= 11 is 0. The number of nitrogens with zero attached hydrogens (tertiary/aromatic N) is 6. The van der Waals surface area contributed by atoms with Gasteiger partial charge in [-0.15, -0.1) is 0 Å². The SMILES string of the molecule is CC1(C)CCCN1c1nnnn1CCc1ccccn1. The van der Waals surface area contributed by atoms with Gasteiger partial charge in [0.05, 0.1) is 6.54 Å². The van der Waals surface area contributed by atoms with Crippen LogP contribution in [0.3, 0.4) is 0 Å². The normalized spacial score (nSPS) is 17.6. The number of anilines is 1. The molecule has 0 saturated carbocycles. The molecule has 0 radical (unpaired) electrons. The third-order valence-corrected chi connectivity index (χ3v) is 3.96. The van der Waals surface area contributed by atoms with Crippen LogP contribution in [0.2, 0.25) is 0 Å². The molecule has 106 valence electrons. The van der Waals surface area contributed by atoms with Crippen molar-refractivity contribution in [2.24, 2.45) is 0 Å². The summed E-state index contributed by atoms with van der Waals surface area (Å²) in [5.74, 6) is 0.878. The summed E-state index contributed by atoms with van der Waals surface area (Å²) in [5, 5.41) is 12.2. The van der Waals surface area contributed by atoms with Crippen LogP contribution < -0.4 is 4.90 Å². The van der Waals surface area contributed by atoms with Crippen molar-refractivity contribution in [2.45, 2.75) is 45.2 Å². The Bertz CT molecular complexity index is 562. The summed E-state index contributed by atoms with van der Waals surface area (Å²) in [4.78, 5) is 6.65. The number of tetrazole rings is 1. The Kier molecular flexibility index (Phi) is 3.38. The first-order valence-corrected chi connectivity index (χ1v) is 7.10. The van der Waals surface area contributed by atoms with Gasteiger partial charge in [0.15, 0.2) is 0 Å². The molecule has 1 aliphatic rings. The predicted octanol–water partition coefficient (Wildman–Crippen LogP) is 1.69. The molecule has 2 aromatic heterocycles. The zero-order valence-corrected chi connectivity index (χ0v) is 12.0. The lowest BCUT2D eigenvalue weighted by molar-refractivity contribution is 0.491. The third-order valence-electron chi connectivity index (χ3n) is 3.96.